The molecular weight excluding hydrogens is 292 g/mol. The summed E-state index contributed by atoms with van der Waals surface area (Å²) >= 11 is 5.76. The van der Waals surface area contributed by atoms with Crippen LogP contribution in [0, 0.1) is 10.1 Å². The Labute approximate surface area is 118 Å². The molecule has 0 aliphatic carbocycles. The van der Waals surface area contributed by atoms with Crippen molar-refractivity contribution in [2.75, 3.05) is 13.7 Å². The van der Waals surface area contributed by atoms with E-state index < -0.39 is 29.4 Å². The molecule has 0 bridgehead atoms. The van der Waals surface area contributed by atoms with Gasteiger partial charge in [0.25, 0.3) is 11.6 Å². The Morgan fingerprint density at radius 1 is 1.55 bits per heavy atom. The minimum absolute atomic E-state index is 0.0145. The van der Waals surface area contributed by atoms with Crippen LogP contribution < -0.4 is 5.32 Å². The lowest BCUT2D eigenvalue weighted by atomic mass is 10.2. The predicted molar refractivity (Wildman–Crippen MR) is 68.5 cm³/mol. The number of nitrogens with zero attached hydrogens (tertiary/aromatic N) is 1. The van der Waals surface area contributed by atoms with Crippen LogP contribution in [0.15, 0.2) is 18.2 Å². The first kappa shape index (κ1) is 15.9. The molecule has 0 saturated carbocycles. The second kappa shape index (κ2) is 6.83. The third-order valence-electron chi connectivity index (χ3n) is 2.33. The number of hydrogen-bond donors (Lipinski definition) is 2. The highest BCUT2D eigenvalue weighted by Gasteiger charge is 2.19. The molecule has 2 N–H and O–H groups in total. The van der Waals surface area contributed by atoms with Gasteiger partial charge in [-0.3, -0.25) is 14.9 Å². The van der Waals surface area contributed by atoms with E-state index in [2.05, 4.69) is 10.1 Å². The number of nitro benzene ring substituents is 1. The molecular formula is C11H11ClN2O6. The van der Waals surface area contributed by atoms with Gasteiger partial charge in [-0.1, -0.05) is 11.6 Å². The molecule has 0 aliphatic heterocycles. The highest BCUT2D eigenvalue weighted by atomic mass is 35.5. The number of aliphatic hydroxyl groups is 1. The van der Waals surface area contributed by atoms with E-state index in [0.717, 1.165) is 19.2 Å². The summed E-state index contributed by atoms with van der Waals surface area (Å²) in [6.07, 6.45) is -1.53. The van der Waals surface area contributed by atoms with Crippen LogP contribution in [0.3, 0.4) is 0 Å². The summed E-state index contributed by atoms with van der Waals surface area (Å²) < 4.78 is 4.27. The molecule has 1 amide bonds. The average Bonchev–Trinajstić information content (AvgIpc) is 2.43. The van der Waals surface area contributed by atoms with E-state index >= 15 is 0 Å². The number of carbonyl (C=O) groups is 2. The van der Waals surface area contributed by atoms with Crippen molar-refractivity contribution < 1.29 is 24.4 Å². The number of nitrogens with one attached hydrogen (secondary N) is 1. The summed E-state index contributed by atoms with van der Waals surface area (Å²) in [5, 5.41) is 22.1. The van der Waals surface area contributed by atoms with Gasteiger partial charge in [0.2, 0.25) is 0 Å². The average molecular weight is 303 g/mol. The zero-order valence-corrected chi connectivity index (χ0v) is 11.1. The number of hydrogen-bond acceptors (Lipinski definition) is 6. The molecule has 1 rings (SSSR count). The number of carbonyl (C=O) groups excluding carboxylic acids is 2. The fraction of sp³-hybridized carbons (Fsp3) is 0.273. The number of halogens is 1. The Hall–Kier alpha value is -2.19. The molecule has 9 heteroatoms. The second-order valence-electron chi connectivity index (χ2n) is 3.67. The van der Waals surface area contributed by atoms with Gasteiger partial charge in [0, 0.05) is 12.1 Å². The molecule has 0 heterocycles. The zero-order chi connectivity index (χ0) is 15.3. The number of ether oxygens (including phenoxy) is 1. The van der Waals surface area contributed by atoms with Gasteiger partial charge in [-0.2, -0.15) is 0 Å². The maximum Gasteiger partial charge on any atom is 0.336 e. The SMILES string of the molecule is COC(=O)C(O)CNC(=O)c1cc([N+](=O)[O-])ccc1Cl. The van der Waals surface area contributed by atoms with Crippen LogP contribution in [0.25, 0.3) is 0 Å². The summed E-state index contributed by atoms with van der Waals surface area (Å²) in [5.41, 5.74) is -0.425. The lowest BCUT2D eigenvalue weighted by Gasteiger charge is -2.10. The van der Waals surface area contributed by atoms with Gasteiger partial charge >= 0.3 is 5.97 Å². The molecule has 1 aromatic carbocycles. The van der Waals surface area contributed by atoms with Crippen LogP contribution in [0.1, 0.15) is 10.4 Å². The number of nitro groups is 1. The first-order chi connectivity index (χ1) is 9.36. The fourth-order valence-corrected chi connectivity index (χ4v) is 1.51. The summed E-state index contributed by atoms with van der Waals surface area (Å²) in [6, 6.07) is 3.37. The number of esters is 1. The van der Waals surface area contributed by atoms with Gasteiger partial charge in [-0.25, -0.2) is 4.79 Å². The van der Waals surface area contributed by atoms with E-state index in [0.29, 0.717) is 0 Å². The van der Waals surface area contributed by atoms with E-state index in [1.165, 1.54) is 6.07 Å². The minimum atomic E-state index is -1.53. The normalized spacial score (nSPS) is 11.6. The monoisotopic (exact) mass is 302 g/mol. The van der Waals surface area contributed by atoms with Crippen molar-refractivity contribution in [2.45, 2.75) is 6.10 Å². The van der Waals surface area contributed by atoms with Gasteiger partial charge < -0.3 is 15.2 Å². The van der Waals surface area contributed by atoms with Crippen LogP contribution in [-0.2, 0) is 9.53 Å². The topological polar surface area (TPSA) is 119 Å². The number of rotatable bonds is 5. The van der Waals surface area contributed by atoms with Gasteiger partial charge in [0.15, 0.2) is 6.10 Å². The number of aliphatic hydroxyl groups excluding tert-OH is 1. The van der Waals surface area contributed by atoms with E-state index in [1.54, 1.807) is 0 Å². The molecule has 108 valence electrons. The molecule has 0 spiro atoms. The maximum absolute atomic E-state index is 11.8. The molecule has 1 atom stereocenters. The third kappa shape index (κ3) is 3.90. The number of non-ortho nitro benzene ring substituents is 1. The largest absolute Gasteiger partial charge is 0.467 e. The Bertz CT molecular complexity index is 548. The van der Waals surface area contributed by atoms with Crippen LogP contribution >= 0.6 is 11.6 Å². The first-order valence-electron chi connectivity index (χ1n) is 5.35. The van der Waals surface area contributed by atoms with Crippen molar-refractivity contribution >= 4 is 29.2 Å². The quantitative estimate of drug-likeness (QED) is 0.465. The molecule has 1 unspecified atom stereocenters. The fourth-order valence-electron chi connectivity index (χ4n) is 1.30. The molecule has 1 aromatic rings. The number of amides is 1. The third-order valence-corrected chi connectivity index (χ3v) is 2.66. The van der Waals surface area contributed by atoms with E-state index in [4.69, 9.17) is 11.6 Å². The summed E-state index contributed by atoms with van der Waals surface area (Å²) in [6.45, 7) is -0.398. The molecule has 20 heavy (non-hydrogen) atoms. The maximum atomic E-state index is 11.8. The number of methoxy groups -OCH3 is 1. The molecule has 8 nitrogen and oxygen atoms in total. The summed E-state index contributed by atoms with van der Waals surface area (Å²) in [4.78, 5) is 32.6. The summed E-state index contributed by atoms with van der Waals surface area (Å²) in [7, 11) is 1.09. The van der Waals surface area contributed by atoms with Gasteiger partial charge in [0.05, 0.1) is 29.2 Å². The molecule has 0 aromatic heterocycles. The van der Waals surface area contributed by atoms with E-state index in [-0.39, 0.29) is 16.3 Å². The standard InChI is InChI=1S/C11H11ClN2O6/c1-20-11(17)9(15)5-13-10(16)7-4-6(14(18)19)2-3-8(7)12/h2-4,9,15H,5H2,1H3,(H,13,16). The van der Waals surface area contributed by atoms with Crippen molar-refractivity contribution in [1.82, 2.24) is 5.32 Å². The van der Waals surface area contributed by atoms with Crippen LogP contribution in [0.4, 0.5) is 5.69 Å². The minimum Gasteiger partial charge on any atom is -0.467 e. The molecule has 0 saturated heterocycles. The second-order valence-corrected chi connectivity index (χ2v) is 4.08. The van der Waals surface area contributed by atoms with Crippen LogP contribution in [0.2, 0.25) is 5.02 Å². The lowest BCUT2D eigenvalue weighted by molar-refractivity contribution is -0.384. The Morgan fingerprint density at radius 3 is 2.75 bits per heavy atom. The molecule has 0 aliphatic rings. The lowest BCUT2D eigenvalue weighted by Crippen LogP contribution is -2.37. The highest BCUT2D eigenvalue weighted by molar-refractivity contribution is 6.33. The van der Waals surface area contributed by atoms with Crippen LogP contribution in [-0.4, -0.2) is 41.7 Å². The highest BCUT2D eigenvalue weighted by Crippen LogP contribution is 2.21. The van der Waals surface area contributed by atoms with Crippen molar-refractivity contribution in [2.24, 2.45) is 0 Å². The van der Waals surface area contributed by atoms with E-state index in [1.807, 2.05) is 0 Å². The van der Waals surface area contributed by atoms with Crippen molar-refractivity contribution in [3.8, 4) is 0 Å². The zero-order valence-electron chi connectivity index (χ0n) is 10.3. The number of benzene rings is 1. The van der Waals surface area contributed by atoms with Crippen molar-refractivity contribution in [3.63, 3.8) is 0 Å². The smallest absolute Gasteiger partial charge is 0.336 e. The summed E-state index contributed by atoms with van der Waals surface area (Å²) in [5.74, 6) is -1.66. The Kier molecular flexibility index (Phi) is 5.42. The predicted octanol–water partition coefficient (Wildman–Crippen LogP) is 0.512. The van der Waals surface area contributed by atoms with Gasteiger partial charge in [-0.15, -0.1) is 0 Å². The molecule has 0 radical (unpaired) electrons. The van der Waals surface area contributed by atoms with Crippen LogP contribution in [0.5, 0.6) is 0 Å². The Balaban J connectivity index is 2.80. The molecule has 0 fully saturated rings. The van der Waals surface area contributed by atoms with E-state index in [9.17, 15) is 24.8 Å². The van der Waals surface area contributed by atoms with Gasteiger partial charge in [-0.05, 0) is 6.07 Å². The van der Waals surface area contributed by atoms with Gasteiger partial charge in [0.1, 0.15) is 0 Å². The van der Waals surface area contributed by atoms with Crippen molar-refractivity contribution in [1.29, 1.82) is 0 Å². The Morgan fingerprint density at radius 2 is 2.20 bits per heavy atom. The first-order valence-corrected chi connectivity index (χ1v) is 5.72. The van der Waals surface area contributed by atoms with Crippen molar-refractivity contribution in [3.05, 3.63) is 38.9 Å².